The Labute approximate surface area is 120 Å². The molecular weight excluding hydrogens is 270 g/mol. The first kappa shape index (κ1) is 12.6. The molecule has 4 nitrogen and oxygen atoms in total. The van der Waals surface area contributed by atoms with Gasteiger partial charge in [-0.2, -0.15) is 0 Å². The van der Waals surface area contributed by atoms with Crippen LogP contribution >= 0.6 is 11.8 Å². The average molecular weight is 281 g/mol. The number of nitrogens with one attached hydrogen (secondary N) is 1. The van der Waals surface area contributed by atoms with Gasteiger partial charge in [-0.05, 0) is 47.7 Å². The molecule has 2 heterocycles. The molecule has 3 rings (SSSR count). The number of rotatable bonds is 2. The Bertz CT molecular complexity index is 621. The second-order valence-corrected chi connectivity index (χ2v) is 5.11. The van der Waals surface area contributed by atoms with Gasteiger partial charge in [0.2, 0.25) is 0 Å². The molecule has 0 atom stereocenters. The van der Waals surface area contributed by atoms with Crippen molar-refractivity contribution in [2.24, 2.45) is 4.99 Å². The van der Waals surface area contributed by atoms with Gasteiger partial charge in [-0.15, -0.1) is 0 Å². The van der Waals surface area contributed by atoms with Crippen molar-refractivity contribution in [3.8, 4) is 0 Å². The van der Waals surface area contributed by atoms with E-state index in [0.717, 1.165) is 27.9 Å². The molecule has 0 saturated carbocycles. The molecule has 1 N–H and O–H groups in total. The van der Waals surface area contributed by atoms with Crippen LogP contribution < -0.4 is 5.32 Å². The fourth-order valence-electron chi connectivity index (χ4n) is 1.76. The predicted octanol–water partition coefficient (Wildman–Crippen LogP) is 3.61. The van der Waals surface area contributed by atoms with Gasteiger partial charge >= 0.3 is 0 Å². The SMILES string of the molecule is O=C1NC(=Nc2ccccc2)C(=Cc2ccncc2)S1. The van der Waals surface area contributed by atoms with E-state index in [2.05, 4.69) is 15.3 Å². The number of aromatic nitrogens is 1. The van der Waals surface area contributed by atoms with Gasteiger partial charge in [-0.25, -0.2) is 4.99 Å². The van der Waals surface area contributed by atoms with Crippen LogP contribution in [0.4, 0.5) is 10.5 Å². The summed E-state index contributed by atoms with van der Waals surface area (Å²) in [5.41, 5.74) is 1.80. The molecule has 0 bridgehead atoms. The highest BCUT2D eigenvalue weighted by Gasteiger charge is 2.23. The molecule has 20 heavy (non-hydrogen) atoms. The number of benzene rings is 1. The van der Waals surface area contributed by atoms with E-state index in [9.17, 15) is 4.79 Å². The van der Waals surface area contributed by atoms with Gasteiger partial charge in [-0.3, -0.25) is 9.78 Å². The molecule has 1 fully saturated rings. The van der Waals surface area contributed by atoms with Gasteiger partial charge in [-0.1, -0.05) is 18.2 Å². The molecular formula is C15H11N3OS. The van der Waals surface area contributed by atoms with Crippen LogP contribution in [-0.2, 0) is 0 Å². The van der Waals surface area contributed by atoms with Crippen LogP contribution in [0.2, 0.25) is 0 Å². The van der Waals surface area contributed by atoms with Crippen LogP contribution in [0.15, 0.2) is 64.8 Å². The molecule has 5 heteroatoms. The number of amides is 1. The van der Waals surface area contributed by atoms with Crippen molar-refractivity contribution in [1.82, 2.24) is 10.3 Å². The van der Waals surface area contributed by atoms with Crippen LogP contribution in [0.25, 0.3) is 6.08 Å². The largest absolute Gasteiger partial charge is 0.300 e. The Kier molecular flexibility index (Phi) is 3.60. The van der Waals surface area contributed by atoms with Crippen molar-refractivity contribution in [3.05, 3.63) is 65.3 Å². The Morgan fingerprint density at radius 1 is 1.10 bits per heavy atom. The number of nitrogens with zero attached hydrogens (tertiary/aromatic N) is 2. The van der Waals surface area contributed by atoms with Crippen molar-refractivity contribution in [2.45, 2.75) is 0 Å². The summed E-state index contributed by atoms with van der Waals surface area (Å²) in [5.74, 6) is 0.586. The molecule has 0 radical (unpaired) electrons. The first-order valence-electron chi connectivity index (χ1n) is 6.06. The van der Waals surface area contributed by atoms with Gasteiger partial charge in [0, 0.05) is 12.4 Å². The number of thioether (sulfide) groups is 1. The molecule has 0 spiro atoms. The quantitative estimate of drug-likeness (QED) is 0.915. The lowest BCUT2D eigenvalue weighted by atomic mass is 10.2. The summed E-state index contributed by atoms with van der Waals surface area (Å²) in [6.07, 6.45) is 5.36. The Balaban J connectivity index is 1.95. The monoisotopic (exact) mass is 281 g/mol. The minimum Gasteiger partial charge on any atom is -0.300 e. The first-order chi connectivity index (χ1) is 9.81. The lowest BCUT2D eigenvalue weighted by Crippen LogP contribution is -2.18. The highest BCUT2D eigenvalue weighted by Crippen LogP contribution is 2.28. The second-order valence-electron chi connectivity index (χ2n) is 4.10. The maximum absolute atomic E-state index is 11.6. The van der Waals surface area contributed by atoms with Crippen LogP contribution in [-0.4, -0.2) is 16.1 Å². The smallest absolute Gasteiger partial charge is 0.289 e. The second kappa shape index (κ2) is 5.71. The van der Waals surface area contributed by atoms with Gasteiger partial charge in [0.1, 0.15) is 5.84 Å². The van der Waals surface area contributed by atoms with Crippen molar-refractivity contribution in [1.29, 1.82) is 0 Å². The topological polar surface area (TPSA) is 54.4 Å². The Morgan fingerprint density at radius 3 is 2.60 bits per heavy atom. The van der Waals surface area contributed by atoms with Gasteiger partial charge in [0.15, 0.2) is 0 Å². The van der Waals surface area contributed by atoms with E-state index in [1.165, 1.54) is 0 Å². The maximum Gasteiger partial charge on any atom is 0.289 e. The molecule has 1 aliphatic rings. The van der Waals surface area contributed by atoms with Crippen molar-refractivity contribution < 1.29 is 4.79 Å². The summed E-state index contributed by atoms with van der Waals surface area (Å²) < 4.78 is 0. The van der Waals surface area contributed by atoms with E-state index in [0.29, 0.717) is 5.84 Å². The molecule has 1 saturated heterocycles. The zero-order valence-corrected chi connectivity index (χ0v) is 11.3. The predicted molar refractivity (Wildman–Crippen MR) is 81.9 cm³/mol. The van der Waals surface area contributed by atoms with E-state index in [1.54, 1.807) is 12.4 Å². The molecule has 0 unspecified atom stereocenters. The third kappa shape index (κ3) is 2.95. The zero-order valence-electron chi connectivity index (χ0n) is 10.5. The molecule has 1 amide bonds. The molecule has 1 aliphatic heterocycles. The number of carbonyl (C=O) groups is 1. The Morgan fingerprint density at radius 2 is 1.85 bits per heavy atom. The molecule has 1 aromatic carbocycles. The van der Waals surface area contributed by atoms with E-state index in [4.69, 9.17) is 0 Å². The fourth-order valence-corrected chi connectivity index (χ4v) is 2.49. The summed E-state index contributed by atoms with van der Waals surface area (Å²) in [7, 11) is 0. The highest BCUT2D eigenvalue weighted by molar-refractivity contribution is 8.18. The highest BCUT2D eigenvalue weighted by atomic mass is 32.2. The summed E-state index contributed by atoms with van der Waals surface area (Å²) >= 11 is 1.15. The van der Waals surface area contributed by atoms with Crippen LogP contribution in [0.3, 0.4) is 0 Å². The first-order valence-corrected chi connectivity index (χ1v) is 6.87. The number of carbonyl (C=O) groups excluding carboxylic acids is 1. The third-order valence-electron chi connectivity index (χ3n) is 2.66. The van der Waals surface area contributed by atoms with Crippen molar-refractivity contribution >= 4 is 34.6 Å². The van der Waals surface area contributed by atoms with Gasteiger partial charge in [0.05, 0.1) is 10.6 Å². The number of pyridine rings is 1. The van der Waals surface area contributed by atoms with E-state index in [-0.39, 0.29) is 5.24 Å². The fraction of sp³-hybridized carbons (Fsp3) is 0. The van der Waals surface area contributed by atoms with Crippen LogP contribution in [0, 0.1) is 0 Å². The number of hydrogen-bond acceptors (Lipinski definition) is 4. The summed E-state index contributed by atoms with van der Waals surface area (Å²) in [5, 5.41) is 2.65. The van der Waals surface area contributed by atoms with Crippen LogP contribution in [0.5, 0.6) is 0 Å². The average Bonchev–Trinajstić information content (AvgIpc) is 2.81. The molecule has 2 aromatic rings. The minimum absolute atomic E-state index is 0.111. The van der Waals surface area contributed by atoms with Crippen LogP contribution in [0.1, 0.15) is 5.56 Å². The molecule has 0 aliphatic carbocycles. The van der Waals surface area contributed by atoms with Crippen molar-refractivity contribution in [2.75, 3.05) is 0 Å². The number of amidine groups is 1. The number of para-hydroxylation sites is 1. The Hall–Kier alpha value is -2.40. The normalized spacial score (nSPS) is 18.5. The molecule has 98 valence electrons. The molecule has 1 aromatic heterocycles. The van der Waals surface area contributed by atoms with E-state index < -0.39 is 0 Å². The number of aliphatic imine (C=N–C) groups is 1. The van der Waals surface area contributed by atoms with Gasteiger partial charge < -0.3 is 5.32 Å². The summed E-state index contributed by atoms with van der Waals surface area (Å²) in [4.78, 5) is 20.8. The third-order valence-corrected chi connectivity index (χ3v) is 3.48. The van der Waals surface area contributed by atoms with E-state index >= 15 is 0 Å². The lowest BCUT2D eigenvalue weighted by molar-refractivity contribution is 0.265. The van der Waals surface area contributed by atoms with Gasteiger partial charge in [0.25, 0.3) is 5.24 Å². The number of hydrogen-bond donors (Lipinski definition) is 1. The summed E-state index contributed by atoms with van der Waals surface area (Å²) in [6.45, 7) is 0. The minimum atomic E-state index is -0.111. The van der Waals surface area contributed by atoms with E-state index in [1.807, 2.05) is 48.5 Å². The lowest BCUT2D eigenvalue weighted by Gasteiger charge is -1.99. The zero-order chi connectivity index (χ0) is 13.8. The maximum atomic E-state index is 11.6. The standard InChI is InChI=1S/C15H11N3OS/c19-15-18-14(17-12-4-2-1-3-5-12)13(20-15)10-11-6-8-16-9-7-11/h1-10H,(H,17,18,19). The van der Waals surface area contributed by atoms with Crippen molar-refractivity contribution in [3.63, 3.8) is 0 Å². The summed E-state index contributed by atoms with van der Waals surface area (Å²) in [6, 6.07) is 13.3.